The Hall–Kier alpha value is 0.0569. The minimum atomic E-state index is -1.94. The second-order valence-corrected chi connectivity index (χ2v) is 2.91. The van der Waals surface area contributed by atoms with E-state index >= 15 is 0 Å². The molecule has 0 heterocycles. The van der Waals surface area contributed by atoms with Crippen molar-refractivity contribution in [1.82, 2.24) is 0 Å². The van der Waals surface area contributed by atoms with Crippen molar-refractivity contribution in [3.05, 3.63) is 0 Å². The van der Waals surface area contributed by atoms with Crippen LogP contribution in [0.15, 0.2) is 0 Å². The average molecular weight is 138 g/mol. The first-order valence-electron chi connectivity index (χ1n) is 2.13. The van der Waals surface area contributed by atoms with Crippen molar-refractivity contribution in [3.8, 4) is 0 Å². The van der Waals surface area contributed by atoms with Crippen LogP contribution in [0.5, 0.6) is 0 Å². The highest BCUT2D eigenvalue weighted by Crippen LogP contribution is 1.84. The Morgan fingerprint density at radius 1 is 1.38 bits per heavy atom. The second kappa shape index (κ2) is 5.20. The molecule has 0 bridgehead atoms. The molecule has 0 fully saturated rings. The maximum absolute atomic E-state index is 8.15. The largest absolute Gasteiger partial charge is 0.485 e. The fourth-order valence-corrected chi connectivity index (χ4v) is 0.879. The minimum absolute atomic E-state index is 0.335. The first-order valence-corrected chi connectivity index (χ1v) is 3.54. The molecular formula is C3H10O4Si. The van der Waals surface area contributed by atoms with E-state index in [2.05, 4.69) is 13.3 Å². The highest BCUT2D eigenvalue weighted by molar-refractivity contribution is 6.36. The van der Waals surface area contributed by atoms with E-state index in [0.717, 1.165) is 0 Å². The van der Waals surface area contributed by atoms with E-state index in [4.69, 9.17) is 5.11 Å². The molecule has 0 aliphatic rings. The summed E-state index contributed by atoms with van der Waals surface area (Å²) in [6.07, 6.45) is 0. The van der Waals surface area contributed by atoms with Crippen LogP contribution >= 0.6 is 0 Å². The van der Waals surface area contributed by atoms with Gasteiger partial charge in [0.05, 0.1) is 0 Å². The molecule has 0 amide bonds. The lowest BCUT2D eigenvalue weighted by atomic mass is 11.6. The van der Waals surface area contributed by atoms with Gasteiger partial charge in [0.1, 0.15) is 6.79 Å². The summed E-state index contributed by atoms with van der Waals surface area (Å²) in [5.74, 6) is 0. The SMILES string of the molecule is CO[SiH](OC)OCO. The zero-order valence-electron chi connectivity index (χ0n) is 4.96. The zero-order chi connectivity index (χ0) is 6.41. The molecule has 50 valence electrons. The molecule has 8 heavy (non-hydrogen) atoms. The molecule has 0 rings (SSSR count). The molecule has 0 aromatic rings. The van der Waals surface area contributed by atoms with Crippen LogP contribution in [0.2, 0.25) is 0 Å². The third-order valence-corrected chi connectivity index (χ3v) is 1.79. The van der Waals surface area contributed by atoms with Crippen LogP contribution in [0.1, 0.15) is 0 Å². The van der Waals surface area contributed by atoms with Crippen molar-refractivity contribution >= 4 is 9.53 Å². The first kappa shape index (κ1) is 8.06. The quantitative estimate of drug-likeness (QED) is 0.398. The monoisotopic (exact) mass is 138 g/mol. The summed E-state index contributed by atoms with van der Waals surface area (Å²) < 4.78 is 13.9. The average Bonchev–Trinajstić information content (AvgIpc) is 1.83. The lowest BCUT2D eigenvalue weighted by molar-refractivity contribution is 0.0368. The predicted molar refractivity (Wildman–Crippen MR) is 29.3 cm³/mol. The third kappa shape index (κ3) is 3.11. The van der Waals surface area contributed by atoms with Crippen LogP contribution in [0.4, 0.5) is 0 Å². The van der Waals surface area contributed by atoms with Crippen molar-refractivity contribution in [1.29, 1.82) is 0 Å². The Morgan fingerprint density at radius 3 is 2.00 bits per heavy atom. The highest BCUT2D eigenvalue weighted by Gasteiger charge is 2.07. The van der Waals surface area contributed by atoms with Crippen molar-refractivity contribution in [3.63, 3.8) is 0 Å². The van der Waals surface area contributed by atoms with Crippen LogP contribution in [0.3, 0.4) is 0 Å². The van der Waals surface area contributed by atoms with E-state index in [0.29, 0.717) is 0 Å². The second-order valence-electron chi connectivity index (χ2n) is 1.06. The van der Waals surface area contributed by atoms with Crippen LogP contribution in [-0.2, 0) is 13.3 Å². The molecule has 0 aromatic carbocycles. The van der Waals surface area contributed by atoms with Gasteiger partial charge in [-0.25, -0.2) is 0 Å². The summed E-state index contributed by atoms with van der Waals surface area (Å²) in [5, 5.41) is 8.15. The van der Waals surface area contributed by atoms with Gasteiger partial charge >= 0.3 is 9.53 Å². The molecule has 1 N–H and O–H groups in total. The third-order valence-electron chi connectivity index (χ3n) is 0.596. The van der Waals surface area contributed by atoms with Crippen molar-refractivity contribution in [2.75, 3.05) is 21.0 Å². The molecule has 0 spiro atoms. The van der Waals surface area contributed by atoms with E-state index in [1.807, 2.05) is 0 Å². The first-order chi connectivity index (χ1) is 3.85. The number of hydrogen-bond donors (Lipinski definition) is 1. The Morgan fingerprint density at radius 2 is 1.88 bits per heavy atom. The number of aliphatic hydroxyl groups is 1. The Kier molecular flexibility index (Phi) is 5.24. The van der Waals surface area contributed by atoms with Crippen molar-refractivity contribution in [2.45, 2.75) is 0 Å². The van der Waals surface area contributed by atoms with Gasteiger partial charge in [0, 0.05) is 14.2 Å². The van der Waals surface area contributed by atoms with Gasteiger partial charge in [0.25, 0.3) is 0 Å². The number of hydrogen-bond acceptors (Lipinski definition) is 4. The Balaban J connectivity index is 3.07. The standard InChI is InChI=1S/C3H10O4Si/c1-5-8(6-2)7-3-4/h4,8H,3H2,1-2H3. The van der Waals surface area contributed by atoms with Gasteiger partial charge < -0.3 is 18.4 Å². The van der Waals surface area contributed by atoms with Crippen LogP contribution < -0.4 is 0 Å². The van der Waals surface area contributed by atoms with E-state index in [1.54, 1.807) is 0 Å². The minimum Gasteiger partial charge on any atom is -0.379 e. The van der Waals surface area contributed by atoms with Gasteiger partial charge in [-0.15, -0.1) is 0 Å². The maximum atomic E-state index is 8.15. The number of aliphatic hydroxyl groups excluding tert-OH is 1. The summed E-state index contributed by atoms with van der Waals surface area (Å²) >= 11 is 0. The van der Waals surface area contributed by atoms with Crippen molar-refractivity contribution < 1.29 is 18.4 Å². The lowest BCUT2D eigenvalue weighted by Crippen LogP contribution is -2.24. The smallest absolute Gasteiger partial charge is 0.379 e. The fraction of sp³-hybridized carbons (Fsp3) is 1.00. The topological polar surface area (TPSA) is 47.9 Å². The Bertz CT molecular complexity index is 46.5. The van der Waals surface area contributed by atoms with E-state index in [9.17, 15) is 0 Å². The molecule has 0 unspecified atom stereocenters. The lowest BCUT2D eigenvalue weighted by Gasteiger charge is -2.07. The van der Waals surface area contributed by atoms with Crippen molar-refractivity contribution in [2.24, 2.45) is 0 Å². The van der Waals surface area contributed by atoms with E-state index in [-0.39, 0.29) is 6.79 Å². The summed E-state index contributed by atoms with van der Waals surface area (Å²) in [7, 11) is 1.02. The zero-order valence-corrected chi connectivity index (χ0v) is 6.11. The normalized spacial score (nSPS) is 10.5. The van der Waals surface area contributed by atoms with Crippen LogP contribution in [0.25, 0.3) is 0 Å². The summed E-state index contributed by atoms with van der Waals surface area (Å²) in [4.78, 5) is 0. The van der Waals surface area contributed by atoms with Gasteiger partial charge in [-0.05, 0) is 0 Å². The predicted octanol–water partition coefficient (Wildman–Crippen LogP) is -1.04. The molecule has 0 saturated heterocycles. The molecule has 0 saturated carbocycles. The molecule has 0 aliphatic heterocycles. The molecule has 0 aromatic heterocycles. The maximum Gasteiger partial charge on any atom is 0.485 e. The summed E-state index contributed by atoms with van der Waals surface area (Å²) in [6, 6.07) is 0. The summed E-state index contributed by atoms with van der Waals surface area (Å²) in [5.41, 5.74) is 0. The highest BCUT2D eigenvalue weighted by atomic mass is 28.3. The van der Waals surface area contributed by atoms with Gasteiger partial charge in [-0.2, -0.15) is 0 Å². The van der Waals surface area contributed by atoms with E-state index < -0.39 is 9.53 Å². The molecular weight excluding hydrogens is 128 g/mol. The number of rotatable bonds is 4. The Labute approximate surface area is 50.0 Å². The molecule has 0 aliphatic carbocycles. The fourth-order valence-electron chi connectivity index (χ4n) is 0.293. The van der Waals surface area contributed by atoms with Crippen LogP contribution in [-0.4, -0.2) is 35.6 Å². The van der Waals surface area contributed by atoms with Gasteiger partial charge in [-0.1, -0.05) is 0 Å². The molecule has 4 nitrogen and oxygen atoms in total. The molecule has 5 heteroatoms. The molecule has 0 atom stereocenters. The summed E-state index contributed by atoms with van der Waals surface area (Å²) in [6.45, 7) is -0.335. The van der Waals surface area contributed by atoms with Gasteiger partial charge in [0.15, 0.2) is 0 Å². The molecule has 0 radical (unpaired) electrons. The van der Waals surface area contributed by atoms with Gasteiger partial charge in [-0.3, -0.25) is 0 Å². The van der Waals surface area contributed by atoms with Gasteiger partial charge in [0.2, 0.25) is 0 Å². The van der Waals surface area contributed by atoms with E-state index in [1.165, 1.54) is 14.2 Å². The van der Waals surface area contributed by atoms with Crippen LogP contribution in [0, 0.1) is 0 Å².